The standard InChI is InChI=1S/C18H20ClFN2O2S/c1-13-11-15(19)3-5-17(13)21-7-9-22(10-8-21)25(23,24)18-6-4-16(20)12-14(18)2/h3-6,11-12H,7-10H2,1-2H3. The van der Waals surface area contributed by atoms with Gasteiger partial charge in [0.25, 0.3) is 0 Å². The molecule has 1 aliphatic heterocycles. The Hall–Kier alpha value is -1.63. The Morgan fingerprint density at radius 1 is 0.960 bits per heavy atom. The van der Waals surface area contributed by atoms with Crippen molar-refractivity contribution in [3.05, 3.63) is 58.4 Å². The Balaban J connectivity index is 1.77. The molecule has 7 heteroatoms. The molecule has 0 unspecified atom stereocenters. The number of rotatable bonds is 3. The molecule has 2 aromatic carbocycles. The number of hydrogen-bond donors (Lipinski definition) is 0. The van der Waals surface area contributed by atoms with E-state index in [1.165, 1.54) is 22.5 Å². The summed E-state index contributed by atoms with van der Waals surface area (Å²) in [7, 11) is -3.61. The fraction of sp³-hybridized carbons (Fsp3) is 0.333. The first-order chi connectivity index (χ1) is 11.8. The Morgan fingerprint density at radius 3 is 2.24 bits per heavy atom. The van der Waals surface area contributed by atoms with Crippen LogP contribution in [0, 0.1) is 19.7 Å². The van der Waals surface area contributed by atoms with Crippen molar-refractivity contribution in [2.75, 3.05) is 31.1 Å². The van der Waals surface area contributed by atoms with Gasteiger partial charge in [0, 0.05) is 36.9 Å². The van der Waals surface area contributed by atoms with Crippen LogP contribution in [0.1, 0.15) is 11.1 Å². The molecule has 3 rings (SSSR count). The minimum absolute atomic E-state index is 0.171. The lowest BCUT2D eigenvalue weighted by Crippen LogP contribution is -2.49. The van der Waals surface area contributed by atoms with E-state index in [2.05, 4.69) is 4.90 Å². The van der Waals surface area contributed by atoms with Crippen LogP contribution in [0.15, 0.2) is 41.3 Å². The molecular weight excluding hydrogens is 363 g/mol. The second-order valence-corrected chi connectivity index (χ2v) is 8.57. The van der Waals surface area contributed by atoms with Crippen LogP contribution in [-0.2, 0) is 10.0 Å². The number of nitrogens with zero attached hydrogens (tertiary/aromatic N) is 2. The van der Waals surface area contributed by atoms with Crippen molar-refractivity contribution in [3.8, 4) is 0 Å². The normalized spacial score (nSPS) is 16.2. The number of halogens is 2. The van der Waals surface area contributed by atoms with Gasteiger partial charge in [0.1, 0.15) is 5.82 Å². The molecule has 0 bridgehead atoms. The van der Waals surface area contributed by atoms with Crippen LogP contribution in [0.25, 0.3) is 0 Å². The van der Waals surface area contributed by atoms with Gasteiger partial charge in [-0.3, -0.25) is 0 Å². The van der Waals surface area contributed by atoms with Crippen molar-refractivity contribution in [3.63, 3.8) is 0 Å². The summed E-state index contributed by atoms with van der Waals surface area (Å²) in [5.74, 6) is -0.431. The lowest BCUT2D eigenvalue weighted by molar-refractivity contribution is 0.384. The number of benzene rings is 2. The molecule has 1 heterocycles. The van der Waals surface area contributed by atoms with Crippen molar-refractivity contribution >= 4 is 27.3 Å². The number of hydrogen-bond acceptors (Lipinski definition) is 3. The lowest BCUT2D eigenvalue weighted by atomic mass is 10.1. The van der Waals surface area contributed by atoms with Crippen LogP contribution < -0.4 is 4.90 Å². The van der Waals surface area contributed by atoms with Crippen molar-refractivity contribution in [1.82, 2.24) is 4.31 Å². The fourth-order valence-electron chi connectivity index (χ4n) is 3.18. The Kier molecular flexibility index (Phi) is 5.04. The van der Waals surface area contributed by atoms with Gasteiger partial charge in [-0.15, -0.1) is 0 Å². The summed E-state index contributed by atoms with van der Waals surface area (Å²) in [4.78, 5) is 2.33. The largest absolute Gasteiger partial charge is 0.369 e. The molecule has 0 atom stereocenters. The maximum atomic E-state index is 13.3. The summed E-state index contributed by atoms with van der Waals surface area (Å²) < 4.78 is 40.4. The molecule has 25 heavy (non-hydrogen) atoms. The third kappa shape index (κ3) is 3.66. The monoisotopic (exact) mass is 382 g/mol. The quantitative estimate of drug-likeness (QED) is 0.814. The first-order valence-corrected chi connectivity index (χ1v) is 9.88. The summed E-state index contributed by atoms with van der Waals surface area (Å²) in [6, 6.07) is 9.49. The third-order valence-electron chi connectivity index (χ3n) is 4.49. The maximum Gasteiger partial charge on any atom is 0.243 e. The highest BCUT2D eigenvalue weighted by atomic mass is 35.5. The summed E-state index contributed by atoms with van der Waals surface area (Å²) in [5, 5.41) is 0.689. The van der Waals surface area contributed by atoms with E-state index in [1.807, 2.05) is 25.1 Å². The van der Waals surface area contributed by atoms with Gasteiger partial charge in [-0.25, -0.2) is 12.8 Å². The summed E-state index contributed by atoms with van der Waals surface area (Å²) in [6.45, 7) is 5.59. The van der Waals surface area contributed by atoms with Crippen molar-refractivity contribution in [1.29, 1.82) is 0 Å². The zero-order chi connectivity index (χ0) is 18.2. The molecule has 1 saturated heterocycles. The van der Waals surface area contributed by atoms with Gasteiger partial charge in [-0.1, -0.05) is 11.6 Å². The van der Waals surface area contributed by atoms with Gasteiger partial charge in [0.05, 0.1) is 4.90 Å². The highest BCUT2D eigenvalue weighted by molar-refractivity contribution is 7.89. The van der Waals surface area contributed by atoms with Gasteiger partial charge in [-0.2, -0.15) is 4.31 Å². The predicted molar refractivity (Wildman–Crippen MR) is 98.3 cm³/mol. The molecule has 134 valence electrons. The van der Waals surface area contributed by atoms with Gasteiger partial charge >= 0.3 is 0 Å². The van der Waals surface area contributed by atoms with Crippen molar-refractivity contribution in [2.24, 2.45) is 0 Å². The van der Waals surface area contributed by atoms with Crippen LogP contribution in [-0.4, -0.2) is 38.9 Å². The number of piperazine rings is 1. The van der Waals surface area contributed by atoms with E-state index in [0.29, 0.717) is 36.8 Å². The lowest BCUT2D eigenvalue weighted by Gasteiger charge is -2.36. The molecule has 0 amide bonds. The summed E-state index contributed by atoms with van der Waals surface area (Å²) in [5.41, 5.74) is 2.56. The zero-order valence-corrected chi connectivity index (χ0v) is 15.7. The summed E-state index contributed by atoms with van der Waals surface area (Å²) >= 11 is 6.00. The van der Waals surface area contributed by atoms with E-state index in [4.69, 9.17) is 11.6 Å². The average molecular weight is 383 g/mol. The highest BCUT2D eigenvalue weighted by Crippen LogP contribution is 2.27. The molecule has 4 nitrogen and oxygen atoms in total. The van der Waals surface area contributed by atoms with E-state index in [1.54, 1.807) is 6.92 Å². The molecule has 0 radical (unpaired) electrons. The zero-order valence-electron chi connectivity index (χ0n) is 14.2. The van der Waals surface area contributed by atoms with E-state index in [0.717, 1.165) is 11.3 Å². The van der Waals surface area contributed by atoms with E-state index in [-0.39, 0.29) is 4.90 Å². The molecule has 0 aliphatic carbocycles. The minimum Gasteiger partial charge on any atom is -0.369 e. The molecule has 0 N–H and O–H groups in total. The van der Waals surface area contributed by atoms with Crippen molar-refractivity contribution in [2.45, 2.75) is 18.7 Å². The Labute approximate surface area is 152 Å². The highest BCUT2D eigenvalue weighted by Gasteiger charge is 2.30. The van der Waals surface area contributed by atoms with Crippen LogP contribution in [0.4, 0.5) is 10.1 Å². The van der Waals surface area contributed by atoms with E-state index < -0.39 is 15.8 Å². The van der Waals surface area contributed by atoms with Crippen LogP contribution in [0.5, 0.6) is 0 Å². The molecule has 0 spiro atoms. The molecular formula is C18H20ClFN2O2S. The predicted octanol–water partition coefficient (Wildman–Crippen LogP) is 3.61. The average Bonchev–Trinajstić information content (AvgIpc) is 2.54. The molecule has 2 aromatic rings. The number of sulfonamides is 1. The van der Waals surface area contributed by atoms with Crippen LogP contribution in [0.3, 0.4) is 0 Å². The SMILES string of the molecule is Cc1cc(Cl)ccc1N1CCN(S(=O)(=O)c2ccc(F)cc2C)CC1. The van der Waals surface area contributed by atoms with E-state index >= 15 is 0 Å². The molecule has 1 fully saturated rings. The second-order valence-electron chi connectivity index (χ2n) is 6.23. The maximum absolute atomic E-state index is 13.3. The van der Waals surface area contributed by atoms with Gasteiger partial charge < -0.3 is 4.90 Å². The Bertz CT molecular complexity index is 894. The number of aryl methyl sites for hydroxylation is 2. The first kappa shape index (κ1) is 18.2. The fourth-order valence-corrected chi connectivity index (χ4v) is 5.04. The summed E-state index contributed by atoms with van der Waals surface area (Å²) in [6.07, 6.45) is 0. The van der Waals surface area contributed by atoms with E-state index in [9.17, 15) is 12.8 Å². The molecule has 0 saturated carbocycles. The topological polar surface area (TPSA) is 40.6 Å². The van der Waals surface area contributed by atoms with Gasteiger partial charge in [-0.05, 0) is 61.4 Å². The number of anilines is 1. The third-order valence-corrected chi connectivity index (χ3v) is 6.79. The molecule has 1 aliphatic rings. The first-order valence-electron chi connectivity index (χ1n) is 8.06. The Morgan fingerprint density at radius 2 is 1.64 bits per heavy atom. The van der Waals surface area contributed by atoms with Gasteiger partial charge in [0.15, 0.2) is 0 Å². The second kappa shape index (κ2) is 6.94. The van der Waals surface area contributed by atoms with Crippen molar-refractivity contribution < 1.29 is 12.8 Å². The minimum atomic E-state index is -3.61. The molecule has 0 aromatic heterocycles. The van der Waals surface area contributed by atoms with Crippen LogP contribution >= 0.6 is 11.6 Å². The van der Waals surface area contributed by atoms with Crippen LogP contribution in [0.2, 0.25) is 5.02 Å². The smallest absolute Gasteiger partial charge is 0.243 e. The van der Waals surface area contributed by atoms with Gasteiger partial charge in [0.2, 0.25) is 10.0 Å².